The van der Waals surface area contributed by atoms with Gasteiger partial charge in [-0.25, -0.2) is 18.0 Å². The summed E-state index contributed by atoms with van der Waals surface area (Å²) in [5.74, 6) is -1.76. The summed E-state index contributed by atoms with van der Waals surface area (Å²) in [5.41, 5.74) is -1.11. The van der Waals surface area contributed by atoms with Crippen LogP contribution in [0.3, 0.4) is 0 Å². The van der Waals surface area contributed by atoms with Gasteiger partial charge in [0.05, 0.1) is 22.6 Å². The number of amides is 3. The highest BCUT2D eigenvalue weighted by atomic mass is 32.2. The highest BCUT2D eigenvalue weighted by molar-refractivity contribution is 7.92. The number of nitrogens with zero attached hydrogens (tertiary/aromatic N) is 1. The van der Waals surface area contributed by atoms with Gasteiger partial charge in [0.15, 0.2) is 15.9 Å². The number of hydrogen-bond donors (Lipinski definition) is 4. The smallest absolute Gasteiger partial charge is 0.332 e. The monoisotopic (exact) mass is 609 g/mol. The Bertz CT molecular complexity index is 1220. The summed E-state index contributed by atoms with van der Waals surface area (Å²) in [6, 6.07) is 5.59. The van der Waals surface area contributed by atoms with E-state index in [2.05, 4.69) is 10.6 Å². The minimum absolute atomic E-state index is 0.0794. The third-order valence-corrected chi connectivity index (χ3v) is 11.0. The molecule has 0 spiro atoms. The Hall–Kier alpha value is -2.70. The van der Waals surface area contributed by atoms with Gasteiger partial charge in [0.1, 0.15) is 24.9 Å². The van der Waals surface area contributed by atoms with Crippen molar-refractivity contribution in [3.05, 3.63) is 35.9 Å². The molecular weight excluding hydrogens is 562 g/mol. The molecule has 4 atom stereocenters. The maximum absolute atomic E-state index is 13.9. The molecule has 2 aliphatic rings. The number of aliphatic hydroxyl groups excluding tert-OH is 2. The van der Waals surface area contributed by atoms with Gasteiger partial charge >= 0.3 is 12.0 Å². The topological polar surface area (TPSA) is 162 Å². The third kappa shape index (κ3) is 8.02. The summed E-state index contributed by atoms with van der Waals surface area (Å²) >= 11 is 0. The normalized spacial score (nSPS) is 23.6. The van der Waals surface area contributed by atoms with Gasteiger partial charge in [-0.2, -0.15) is 0 Å². The molecule has 1 saturated heterocycles. The zero-order valence-corrected chi connectivity index (χ0v) is 26.4. The number of sulfone groups is 1. The zero-order valence-electron chi connectivity index (χ0n) is 25.6. The average Bonchev–Trinajstić information content (AvgIpc) is 3.19. The molecule has 1 heterocycles. The van der Waals surface area contributed by atoms with E-state index in [0.717, 1.165) is 24.2 Å². The van der Waals surface area contributed by atoms with E-state index in [9.17, 15) is 33.0 Å². The van der Waals surface area contributed by atoms with Crippen LogP contribution in [0.5, 0.6) is 0 Å². The number of likely N-dealkylation sites (tertiary alicyclic amines) is 1. The van der Waals surface area contributed by atoms with Gasteiger partial charge in [-0.1, -0.05) is 70.4 Å². The van der Waals surface area contributed by atoms with Crippen molar-refractivity contribution >= 4 is 27.7 Å². The largest absolute Gasteiger partial charge is 0.459 e. The standard InChI is InChI=1S/C30H47N3O8S/c1-28(2,3)24(31-27(38)32-30(15-11-8-12-16-30)19-42(39,40)29(4,5)6)25(36)33-17-21(34)23(35)22(33)26(37)41-18-20-13-9-7-10-14-20/h7,9-10,13-14,21-24,34-35H,8,11-12,15-19H2,1-6H3,(H2,31,32,38)/t21-,22-,23-,24+/m0/s1. The number of urea groups is 1. The summed E-state index contributed by atoms with van der Waals surface area (Å²) in [4.78, 5) is 41.5. The molecule has 0 unspecified atom stereocenters. The maximum Gasteiger partial charge on any atom is 0.332 e. The summed E-state index contributed by atoms with van der Waals surface area (Å²) < 4.78 is 30.7. The number of carbonyl (C=O) groups is 3. The molecule has 0 radical (unpaired) electrons. The average molecular weight is 610 g/mol. The number of hydrogen-bond acceptors (Lipinski definition) is 8. The van der Waals surface area contributed by atoms with E-state index in [1.54, 1.807) is 65.8 Å². The molecule has 1 saturated carbocycles. The molecule has 0 aromatic heterocycles. The van der Waals surface area contributed by atoms with Crippen molar-refractivity contribution in [3.63, 3.8) is 0 Å². The molecule has 11 nitrogen and oxygen atoms in total. The lowest BCUT2D eigenvalue weighted by molar-refractivity contribution is -0.159. The van der Waals surface area contributed by atoms with E-state index >= 15 is 0 Å². The minimum atomic E-state index is -3.57. The lowest BCUT2D eigenvalue weighted by atomic mass is 9.83. The zero-order chi connectivity index (χ0) is 31.5. The number of carbonyl (C=O) groups excluding carboxylic acids is 3. The summed E-state index contributed by atoms with van der Waals surface area (Å²) in [5, 5.41) is 26.7. The molecule has 3 rings (SSSR count). The molecule has 2 fully saturated rings. The number of nitrogens with one attached hydrogen (secondary N) is 2. The number of benzene rings is 1. The summed E-state index contributed by atoms with van der Waals surface area (Å²) in [6.45, 7) is 9.71. The van der Waals surface area contributed by atoms with Crippen LogP contribution in [-0.4, -0.2) is 88.3 Å². The van der Waals surface area contributed by atoms with Crippen molar-refractivity contribution in [2.45, 2.75) is 115 Å². The van der Waals surface area contributed by atoms with E-state index < -0.39 is 67.7 Å². The molecule has 1 aromatic rings. The van der Waals surface area contributed by atoms with Crippen molar-refractivity contribution in [3.8, 4) is 0 Å². The Morgan fingerprint density at radius 2 is 1.62 bits per heavy atom. The van der Waals surface area contributed by atoms with Crippen LogP contribution in [0.15, 0.2) is 30.3 Å². The number of ether oxygens (including phenoxy) is 1. The molecule has 42 heavy (non-hydrogen) atoms. The molecule has 1 aliphatic heterocycles. The van der Waals surface area contributed by atoms with Crippen molar-refractivity contribution in [2.24, 2.45) is 5.41 Å². The van der Waals surface area contributed by atoms with Crippen LogP contribution in [0.1, 0.15) is 79.2 Å². The molecule has 1 aromatic carbocycles. The van der Waals surface area contributed by atoms with Crippen LogP contribution in [0.25, 0.3) is 0 Å². The molecule has 0 bridgehead atoms. The molecular formula is C30H47N3O8S. The highest BCUT2D eigenvalue weighted by Crippen LogP contribution is 2.33. The first-order chi connectivity index (χ1) is 19.4. The summed E-state index contributed by atoms with van der Waals surface area (Å²) in [6.07, 6.45) is 0.486. The lowest BCUT2D eigenvalue weighted by Crippen LogP contribution is -2.63. The first-order valence-corrected chi connectivity index (χ1v) is 16.2. The van der Waals surface area contributed by atoms with Crippen LogP contribution < -0.4 is 10.6 Å². The van der Waals surface area contributed by atoms with Gasteiger partial charge < -0.3 is 30.5 Å². The van der Waals surface area contributed by atoms with E-state index in [-0.39, 0.29) is 18.9 Å². The highest BCUT2D eigenvalue weighted by Gasteiger charge is 2.51. The molecule has 4 N–H and O–H groups in total. The van der Waals surface area contributed by atoms with Gasteiger partial charge in [0.25, 0.3) is 0 Å². The van der Waals surface area contributed by atoms with Crippen LogP contribution in [0.4, 0.5) is 4.79 Å². The Labute approximate surface area is 249 Å². The van der Waals surface area contributed by atoms with Crippen LogP contribution in [0.2, 0.25) is 0 Å². The van der Waals surface area contributed by atoms with E-state index in [1.165, 1.54) is 0 Å². The van der Waals surface area contributed by atoms with Gasteiger partial charge in [-0.3, -0.25) is 4.79 Å². The fraction of sp³-hybridized carbons (Fsp3) is 0.700. The second-order valence-electron chi connectivity index (χ2n) is 13.7. The second-order valence-corrected chi connectivity index (χ2v) is 16.4. The number of esters is 1. The van der Waals surface area contributed by atoms with Gasteiger partial charge in [0, 0.05) is 0 Å². The fourth-order valence-electron chi connectivity index (χ4n) is 5.46. The predicted octanol–water partition coefficient (Wildman–Crippen LogP) is 2.29. The predicted molar refractivity (Wildman–Crippen MR) is 158 cm³/mol. The SMILES string of the molecule is CC(C)(C)[C@H](NC(=O)NC1(CS(=O)(=O)C(C)(C)C)CCCCC1)C(=O)N1C[C@H](O)[C@H](O)[C@H]1C(=O)OCc1ccccc1. The Kier molecular flexibility index (Phi) is 10.4. The summed E-state index contributed by atoms with van der Waals surface area (Å²) in [7, 11) is -3.57. The van der Waals surface area contributed by atoms with Crippen molar-refractivity contribution < 1.29 is 37.8 Å². The van der Waals surface area contributed by atoms with Crippen LogP contribution in [-0.2, 0) is 30.8 Å². The van der Waals surface area contributed by atoms with Gasteiger partial charge in [-0.15, -0.1) is 0 Å². The van der Waals surface area contributed by atoms with Crippen molar-refractivity contribution in [2.75, 3.05) is 12.3 Å². The van der Waals surface area contributed by atoms with E-state index in [0.29, 0.717) is 18.4 Å². The number of β-amino-alcohol motifs (C(OH)–C–C–N with tert-alkyl or cyclic N) is 1. The first-order valence-electron chi connectivity index (χ1n) is 14.6. The molecule has 236 valence electrons. The first kappa shape index (κ1) is 33.8. The Morgan fingerprint density at radius 1 is 1.02 bits per heavy atom. The van der Waals surface area contributed by atoms with E-state index in [1.807, 2.05) is 6.07 Å². The minimum Gasteiger partial charge on any atom is -0.459 e. The second kappa shape index (κ2) is 12.9. The van der Waals surface area contributed by atoms with Crippen molar-refractivity contribution in [1.82, 2.24) is 15.5 Å². The number of aliphatic hydroxyl groups is 2. The molecule has 3 amide bonds. The van der Waals surface area contributed by atoms with Gasteiger partial charge in [-0.05, 0) is 44.6 Å². The van der Waals surface area contributed by atoms with Crippen LogP contribution >= 0.6 is 0 Å². The Morgan fingerprint density at radius 3 is 2.17 bits per heavy atom. The maximum atomic E-state index is 13.9. The third-order valence-electron chi connectivity index (χ3n) is 8.16. The fourth-order valence-corrected chi connectivity index (χ4v) is 6.98. The molecule has 1 aliphatic carbocycles. The van der Waals surface area contributed by atoms with Gasteiger partial charge in [0.2, 0.25) is 5.91 Å². The van der Waals surface area contributed by atoms with Crippen molar-refractivity contribution in [1.29, 1.82) is 0 Å². The Balaban J connectivity index is 1.80. The van der Waals surface area contributed by atoms with E-state index in [4.69, 9.17) is 4.74 Å². The number of rotatable bonds is 8. The quantitative estimate of drug-likeness (QED) is 0.327. The molecule has 12 heteroatoms. The lowest BCUT2D eigenvalue weighted by Gasteiger charge is -2.41. The van der Waals surface area contributed by atoms with Crippen LogP contribution in [0, 0.1) is 5.41 Å².